The third kappa shape index (κ3) is 3.84. The van der Waals surface area contributed by atoms with Crippen LogP contribution in [0, 0.1) is 20.8 Å². The largest absolute Gasteiger partial charge is 0.325 e. The summed E-state index contributed by atoms with van der Waals surface area (Å²) in [5, 5.41) is 5.35. The standard InChI is InChI=1S/C23H21N3O2S/c1-14-4-7-17(8-5-14)25-20(27)11-26-13-24-22-21(23(26)28)19(12-29-22)18-9-6-15(2)10-16(18)3/h4-10,12-13H,11H2,1-3H3,(H,25,27). The van der Waals surface area contributed by atoms with Crippen molar-refractivity contribution < 1.29 is 4.79 Å². The highest BCUT2D eigenvalue weighted by atomic mass is 32.1. The number of amides is 1. The first kappa shape index (κ1) is 19.1. The Morgan fingerprint density at radius 2 is 1.76 bits per heavy atom. The third-order valence-corrected chi connectivity index (χ3v) is 5.77. The summed E-state index contributed by atoms with van der Waals surface area (Å²) in [6, 6.07) is 13.7. The molecule has 0 bridgehead atoms. The summed E-state index contributed by atoms with van der Waals surface area (Å²) in [4.78, 5) is 30.7. The number of rotatable bonds is 4. The summed E-state index contributed by atoms with van der Waals surface area (Å²) < 4.78 is 1.37. The van der Waals surface area contributed by atoms with Crippen LogP contribution in [0.15, 0.2) is 59.0 Å². The highest BCUT2D eigenvalue weighted by Crippen LogP contribution is 2.32. The number of nitrogens with one attached hydrogen (secondary N) is 1. The lowest BCUT2D eigenvalue weighted by molar-refractivity contribution is -0.116. The van der Waals surface area contributed by atoms with Gasteiger partial charge in [-0.25, -0.2) is 4.98 Å². The second kappa shape index (κ2) is 7.64. The van der Waals surface area contributed by atoms with Gasteiger partial charge >= 0.3 is 0 Å². The number of anilines is 1. The van der Waals surface area contributed by atoms with Crippen molar-refractivity contribution in [1.29, 1.82) is 0 Å². The summed E-state index contributed by atoms with van der Waals surface area (Å²) >= 11 is 1.44. The quantitative estimate of drug-likeness (QED) is 0.538. The Labute approximate surface area is 172 Å². The Kier molecular flexibility index (Phi) is 5.03. The number of nitrogens with zero attached hydrogens (tertiary/aromatic N) is 2. The molecule has 0 aliphatic heterocycles. The number of hydrogen-bond donors (Lipinski definition) is 1. The number of benzene rings is 2. The maximum absolute atomic E-state index is 13.1. The molecule has 0 saturated heterocycles. The molecule has 0 aliphatic rings. The van der Waals surface area contributed by atoms with Gasteiger partial charge in [-0.3, -0.25) is 14.2 Å². The average molecular weight is 404 g/mol. The number of carbonyl (C=O) groups excluding carboxylic acids is 1. The minimum atomic E-state index is -0.264. The zero-order valence-corrected chi connectivity index (χ0v) is 17.3. The van der Waals surface area contributed by atoms with E-state index >= 15 is 0 Å². The monoisotopic (exact) mass is 403 g/mol. The van der Waals surface area contributed by atoms with Crippen molar-refractivity contribution in [2.75, 3.05) is 5.32 Å². The first-order valence-corrected chi connectivity index (χ1v) is 10.2. The van der Waals surface area contributed by atoms with Gasteiger partial charge in [-0.15, -0.1) is 11.3 Å². The van der Waals surface area contributed by atoms with Gasteiger partial charge in [-0.2, -0.15) is 0 Å². The molecule has 6 heteroatoms. The van der Waals surface area contributed by atoms with Crippen LogP contribution in [0.2, 0.25) is 0 Å². The van der Waals surface area contributed by atoms with Crippen LogP contribution >= 0.6 is 11.3 Å². The number of carbonyl (C=O) groups is 1. The zero-order chi connectivity index (χ0) is 20.5. The molecule has 2 aromatic heterocycles. The van der Waals surface area contributed by atoms with E-state index in [4.69, 9.17) is 0 Å². The van der Waals surface area contributed by atoms with Crippen molar-refractivity contribution in [3.05, 3.63) is 81.2 Å². The van der Waals surface area contributed by atoms with Gasteiger partial charge in [-0.05, 0) is 44.0 Å². The van der Waals surface area contributed by atoms with Crippen LogP contribution in [-0.4, -0.2) is 15.5 Å². The van der Waals surface area contributed by atoms with Crippen molar-refractivity contribution >= 4 is 33.1 Å². The smallest absolute Gasteiger partial charge is 0.263 e. The van der Waals surface area contributed by atoms with Crippen LogP contribution in [-0.2, 0) is 11.3 Å². The van der Waals surface area contributed by atoms with Gasteiger partial charge in [0.1, 0.15) is 11.4 Å². The fourth-order valence-corrected chi connectivity index (χ4v) is 4.28. The fourth-order valence-electron chi connectivity index (χ4n) is 3.39. The van der Waals surface area contributed by atoms with E-state index in [2.05, 4.69) is 16.4 Å². The third-order valence-electron chi connectivity index (χ3n) is 4.88. The van der Waals surface area contributed by atoms with E-state index in [0.717, 1.165) is 22.3 Å². The molecule has 0 unspecified atom stereocenters. The second-order valence-electron chi connectivity index (χ2n) is 7.24. The molecule has 4 aromatic rings. The molecular formula is C23H21N3O2S. The summed E-state index contributed by atoms with van der Waals surface area (Å²) in [6.07, 6.45) is 1.45. The van der Waals surface area contributed by atoms with E-state index in [1.54, 1.807) is 0 Å². The molecule has 4 rings (SSSR count). The molecule has 0 saturated carbocycles. The summed E-state index contributed by atoms with van der Waals surface area (Å²) in [6.45, 7) is 5.98. The number of thiophene rings is 1. The predicted molar refractivity (Wildman–Crippen MR) is 119 cm³/mol. The van der Waals surface area contributed by atoms with Crippen molar-refractivity contribution in [3.8, 4) is 11.1 Å². The lowest BCUT2D eigenvalue weighted by atomic mass is 9.99. The van der Waals surface area contributed by atoms with Crippen LogP contribution in [0.1, 0.15) is 16.7 Å². The fraction of sp³-hybridized carbons (Fsp3) is 0.174. The summed E-state index contributed by atoms with van der Waals surface area (Å²) in [7, 11) is 0. The molecule has 29 heavy (non-hydrogen) atoms. The Morgan fingerprint density at radius 1 is 1.03 bits per heavy atom. The Morgan fingerprint density at radius 3 is 2.48 bits per heavy atom. The zero-order valence-electron chi connectivity index (χ0n) is 16.5. The van der Waals surface area contributed by atoms with Crippen molar-refractivity contribution in [3.63, 3.8) is 0 Å². The maximum Gasteiger partial charge on any atom is 0.263 e. The van der Waals surface area contributed by atoms with Gasteiger partial charge in [0.15, 0.2) is 0 Å². The summed E-state index contributed by atoms with van der Waals surface area (Å²) in [5.41, 5.74) is 5.78. The Balaban J connectivity index is 1.68. The molecule has 5 nitrogen and oxygen atoms in total. The van der Waals surface area contributed by atoms with E-state index in [0.29, 0.717) is 15.9 Å². The van der Waals surface area contributed by atoms with Crippen molar-refractivity contribution in [2.45, 2.75) is 27.3 Å². The molecule has 2 aromatic carbocycles. The number of fused-ring (bicyclic) bond motifs is 1. The molecule has 0 spiro atoms. The van der Waals surface area contributed by atoms with E-state index in [-0.39, 0.29) is 18.0 Å². The topological polar surface area (TPSA) is 64.0 Å². The maximum atomic E-state index is 13.1. The average Bonchev–Trinajstić information content (AvgIpc) is 3.10. The molecular weight excluding hydrogens is 382 g/mol. The minimum Gasteiger partial charge on any atom is -0.325 e. The van der Waals surface area contributed by atoms with Crippen molar-refractivity contribution in [2.24, 2.45) is 0 Å². The molecule has 0 atom stereocenters. The first-order valence-electron chi connectivity index (χ1n) is 9.33. The Hall–Kier alpha value is -3.25. The predicted octanol–water partition coefficient (Wildman–Crippen LogP) is 4.69. The Bertz CT molecular complexity index is 1270. The van der Waals surface area contributed by atoms with Crippen LogP contribution in [0.4, 0.5) is 5.69 Å². The molecule has 1 N–H and O–H groups in total. The number of aromatic nitrogens is 2. The molecule has 146 valence electrons. The number of aryl methyl sites for hydroxylation is 3. The lowest BCUT2D eigenvalue weighted by Gasteiger charge is -2.09. The van der Waals surface area contributed by atoms with Gasteiger partial charge < -0.3 is 5.32 Å². The number of hydrogen-bond acceptors (Lipinski definition) is 4. The van der Waals surface area contributed by atoms with Gasteiger partial charge in [0, 0.05) is 16.6 Å². The van der Waals surface area contributed by atoms with Crippen LogP contribution in [0.25, 0.3) is 21.3 Å². The van der Waals surface area contributed by atoms with Gasteiger partial charge in [-0.1, -0.05) is 41.5 Å². The molecule has 0 radical (unpaired) electrons. The van der Waals surface area contributed by atoms with E-state index < -0.39 is 0 Å². The molecule has 0 fully saturated rings. The SMILES string of the molecule is Cc1ccc(NC(=O)Cn2cnc3scc(-c4ccc(C)cc4C)c3c2=O)cc1. The summed E-state index contributed by atoms with van der Waals surface area (Å²) in [5.74, 6) is -0.264. The van der Waals surface area contributed by atoms with E-state index in [1.165, 1.54) is 27.8 Å². The van der Waals surface area contributed by atoms with Gasteiger partial charge in [0.05, 0.1) is 11.7 Å². The molecule has 1 amide bonds. The second-order valence-corrected chi connectivity index (χ2v) is 8.10. The van der Waals surface area contributed by atoms with Crippen LogP contribution in [0.3, 0.4) is 0 Å². The molecule has 2 heterocycles. The van der Waals surface area contributed by atoms with E-state index in [9.17, 15) is 9.59 Å². The van der Waals surface area contributed by atoms with Crippen LogP contribution < -0.4 is 10.9 Å². The van der Waals surface area contributed by atoms with Crippen LogP contribution in [0.5, 0.6) is 0 Å². The van der Waals surface area contributed by atoms with E-state index in [1.807, 2.05) is 62.5 Å². The molecule has 0 aliphatic carbocycles. The first-order chi connectivity index (χ1) is 13.9. The minimum absolute atomic E-state index is 0.0855. The lowest BCUT2D eigenvalue weighted by Crippen LogP contribution is -2.27. The highest BCUT2D eigenvalue weighted by molar-refractivity contribution is 7.17. The highest BCUT2D eigenvalue weighted by Gasteiger charge is 2.16. The van der Waals surface area contributed by atoms with Crippen molar-refractivity contribution in [1.82, 2.24) is 9.55 Å². The normalized spacial score (nSPS) is 11.0. The van der Waals surface area contributed by atoms with Gasteiger partial charge in [0.2, 0.25) is 5.91 Å². The van der Waals surface area contributed by atoms with Gasteiger partial charge in [0.25, 0.3) is 5.56 Å².